The molecular weight excluding hydrogens is 228 g/mol. The third-order valence-corrected chi connectivity index (χ3v) is 2.59. The van der Waals surface area contributed by atoms with Crippen molar-refractivity contribution in [3.8, 4) is 0 Å². The van der Waals surface area contributed by atoms with Crippen molar-refractivity contribution in [1.29, 1.82) is 0 Å². The largest absolute Gasteiger partial charge is 0.416 e. The number of rotatable bonds is 3. The molecule has 84 valence electrons. The first-order valence-electron chi connectivity index (χ1n) is 4.30. The molecule has 0 aromatic heterocycles. The summed E-state index contributed by atoms with van der Waals surface area (Å²) in [7, 11) is 0. The van der Waals surface area contributed by atoms with E-state index in [1.807, 2.05) is 0 Å². The molecule has 0 heterocycles. The second-order valence-corrected chi connectivity index (χ2v) is 3.99. The summed E-state index contributed by atoms with van der Waals surface area (Å²) in [5.74, 6) is -0.303. The van der Waals surface area contributed by atoms with Gasteiger partial charge in [-0.25, -0.2) is 4.39 Å². The Kier molecular flexibility index (Phi) is 4.02. The fraction of sp³-hybridized carbons (Fsp3) is 0.400. The van der Waals surface area contributed by atoms with Crippen LogP contribution < -0.4 is 0 Å². The molecule has 0 aliphatic carbocycles. The first-order valence-corrected chi connectivity index (χ1v) is 5.69. The Bertz CT molecular complexity index is 333. The highest BCUT2D eigenvalue weighted by Gasteiger charge is 2.33. The lowest BCUT2D eigenvalue weighted by molar-refractivity contribution is -0.138. The maximum Gasteiger partial charge on any atom is 0.416 e. The molecule has 0 amide bonds. The highest BCUT2D eigenvalue weighted by atomic mass is 32.2. The minimum Gasteiger partial charge on any atom is -0.207 e. The standard InChI is InChI=1S/C10H10F4S/c1-15-6-5-7-8(10(12,13)14)3-2-4-9(7)11/h2-4H,5-6H2,1H3. The summed E-state index contributed by atoms with van der Waals surface area (Å²) in [5.41, 5.74) is -1.10. The van der Waals surface area contributed by atoms with Gasteiger partial charge in [0.05, 0.1) is 5.56 Å². The van der Waals surface area contributed by atoms with Crippen molar-refractivity contribution < 1.29 is 17.6 Å². The maximum absolute atomic E-state index is 13.2. The van der Waals surface area contributed by atoms with Gasteiger partial charge in [-0.2, -0.15) is 24.9 Å². The number of thioether (sulfide) groups is 1. The van der Waals surface area contributed by atoms with E-state index in [1.165, 1.54) is 11.8 Å². The predicted molar refractivity (Wildman–Crippen MR) is 53.5 cm³/mol. The van der Waals surface area contributed by atoms with Crippen LogP contribution in [0, 0.1) is 5.82 Å². The lowest BCUT2D eigenvalue weighted by atomic mass is 10.0. The van der Waals surface area contributed by atoms with Gasteiger partial charge in [0.25, 0.3) is 0 Å². The molecule has 0 N–H and O–H groups in total. The van der Waals surface area contributed by atoms with E-state index >= 15 is 0 Å². The Balaban J connectivity index is 3.09. The second kappa shape index (κ2) is 4.88. The van der Waals surface area contributed by atoms with E-state index in [9.17, 15) is 17.6 Å². The van der Waals surface area contributed by atoms with Crippen molar-refractivity contribution in [2.24, 2.45) is 0 Å². The van der Waals surface area contributed by atoms with E-state index < -0.39 is 17.6 Å². The van der Waals surface area contributed by atoms with Gasteiger partial charge >= 0.3 is 6.18 Å². The van der Waals surface area contributed by atoms with E-state index in [2.05, 4.69) is 0 Å². The van der Waals surface area contributed by atoms with Crippen LogP contribution in [-0.4, -0.2) is 12.0 Å². The quantitative estimate of drug-likeness (QED) is 0.723. The first kappa shape index (κ1) is 12.4. The summed E-state index contributed by atoms with van der Waals surface area (Å²) < 4.78 is 50.6. The van der Waals surface area contributed by atoms with E-state index in [0.29, 0.717) is 5.75 Å². The second-order valence-electron chi connectivity index (χ2n) is 3.01. The molecule has 5 heteroatoms. The third-order valence-electron chi connectivity index (χ3n) is 1.98. The summed E-state index contributed by atoms with van der Waals surface area (Å²) in [6.45, 7) is 0. The van der Waals surface area contributed by atoms with Crippen LogP contribution in [0.2, 0.25) is 0 Å². The molecule has 0 spiro atoms. The molecule has 0 radical (unpaired) electrons. The molecule has 1 aromatic carbocycles. The molecule has 1 rings (SSSR count). The van der Waals surface area contributed by atoms with E-state index in [4.69, 9.17) is 0 Å². The monoisotopic (exact) mass is 238 g/mol. The van der Waals surface area contributed by atoms with Crippen molar-refractivity contribution in [3.05, 3.63) is 35.1 Å². The Morgan fingerprint density at radius 2 is 1.93 bits per heavy atom. The van der Waals surface area contributed by atoms with Gasteiger partial charge in [-0.05, 0) is 30.6 Å². The van der Waals surface area contributed by atoms with Gasteiger partial charge < -0.3 is 0 Å². The van der Waals surface area contributed by atoms with Crippen LogP contribution in [-0.2, 0) is 12.6 Å². The SMILES string of the molecule is CSCCc1c(F)cccc1C(F)(F)F. The molecule has 0 saturated heterocycles. The fourth-order valence-electron chi connectivity index (χ4n) is 1.28. The van der Waals surface area contributed by atoms with Gasteiger partial charge in [-0.15, -0.1) is 0 Å². The van der Waals surface area contributed by atoms with Gasteiger partial charge in [0, 0.05) is 5.56 Å². The molecule has 0 unspecified atom stereocenters. The minimum absolute atomic E-state index is 0.0999. The highest BCUT2D eigenvalue weighted by molar-refractivity contribution is 7.98. The van der Waals surface area contributed by atoms with Crippen molar-refractivity contribution in [2.75, 3.05) is 12.0 Å². The molecule has 0 aliphatic heterocycles. The Hall–Kier alpha value is -0.710. The Labute approximate surface area is 89.7 Å². The number of benzene rings is 1. The highest BCUT2D eigenvalue weighted by Crippen LogP contribution is 2.33. The fourth-order valence-corrected chi connectivity index (χ4v) is 1.69. The van der Waals surface area contributed by atoms with Crippen molar-refractivity contribution in [2.45, 2.75) is 12.6 Å². The summed E-state index contributed by atoms with van der Waals surface area (Å²) in [4.78, 5) is 0. The molecule has 15 heavy (non-hydrogen) atoms. The molecular formula is C10H10F4S. The van der Waals surface area contributed by atoms with Gasteiger partial charge in [-0.3, -0.25) is 0 Å². The van der Waals surface area contributed by atoms with Gasteiger partial charge in [0.1, 0.15) is 5.82 Å². The molecule has 0 bridgehead atoms. The van der Waals surface area contributed by atoms with Crippen LogP contribution in [0.5, 0.6) is 0 Å². The zero-order valence-corrected chi connectivity index (χ0v) is 8.88. The Morgan fingerprint density at radius 1 is 1.27 bits per heavy atom. The average molecular weight is 238 g/mol. The van der Waals surface area contributed by atoms with Crippen molar-refractivity contribution >= 4 is 11.8 Å². The van der Waals surface area contributed by atoms with Crippen molar-refractivity contribution in [1.82, 2.24) is 0 Å². The summed E-state index contributed by atoms with van der Waals surface area (Å²) >= 11 is 1.39. The van der Waals surface area contributed by atoms with Crippen molar-refractivity contribution in [3.63, 3.8) is 0 Å². The lowest BCUT2D eigenvalue weighted by Gasteiger charge is -2.12. The molecule has 0 nitrogen and oxygen atoms in total. The van der Waals surface area contributed by atoms with Gasteiger partial charge in [0.15, 0.2) is 0 Å². The zero-order chi connectivity index (χ0) is 11.5. The molecule has 0 saturated carbocycles. The first-order chi connectivity index (χ1) is 6.96. The average Bonchev–Trinajstić information content (AvgIpc) is 2.14. The van der Waals surface area contributed by atoms with Crippen LogP contribution in [0.3, 0.4) is 0 Å². The van der Waals surface area contributed by atoms with Crippen LogP contribution in [0.4, 0.5) is 17.6 Å². The summed E-state index contributed by atoms with van der Waals surface area (Å²) in [6.07, 6.45) is -2.60. The normalized spacial score (nSPS) is 11.8. The van der Waals surface area contributed by atoms with E-state index in [0.717, 1.165) is 18.2 Å². The molecule has 0 fully saturated rings. The van der Waals surface area contributed by atoms with Crippen LogP contribution in [0.15, 0.2) is 18.2 Å². The van der Waals surface area contributed by atoms with E-state index in [1.54, 1.807) is 6.26 Å². The zero-order valence-electron chi connectivity index (χ0n) is 8.07. The van der Waals surface area contributed by atoms with Gasteiger partial charge in [0.2, 0.25) is 0 Å². The number of halogens is 4. The minimum atomic E-state index is -4.48. The van der Waals surface area contributed by atoms with E-state index in [-0.39, 0.29) is 12.0 Å². The van der Waals surface area contributed by atoms with Gasteiger partial charge in [-0.1, -0.05) is 6.07 Å². The summed E-state index contributed by atoms with van der Waals surface area (Å²) in [5, 5.41) is 0. The molecule has 1 aromatic rings. The third kappa shape index (κ3) is 3.12. The number of hydrogen-bond donors (Lipinski definition) is 0. The number of hydrogen-bond acceptors (Lipinski definition) is 1. The number of alkyl halides is 3. The molecule has 0 atom stereocenters. The predicted octanol–water partition coefficient (Wildman–Crippen LogP) is 3.75. The van der Waals surface area contributed by atoms with Crippen LogP contribution in [0.25, 0.3) is 0 Å². The molecule has 0 aliphatic rings. The topological polar surface area (TPSA) is 0 Å². The lowest BCUT2D eigenvalue weighted by Crippen LogP contribution is -2.11. The smallest absolute Gasteiger partial charge is 0.207 e. The Morgan fingerprint density at radius 3 is 2.47 bits per heavy atom. The van der Waals surface area contributed by atoms with Crippen LogP contribution >= 0.6 is 11.8 Å². The summed E-state index contributed by atoms with van der Waals surface area (Å²) in [6, 6.07) is 3.06. The maximum atomic E-state index is 13.2. The van der Waals surface area contributed by atoms with Crippen LogP contribution in [0.1, 0.15) is 11.1 Å².